The zero-order chi connectivity index (χ0) is 6.97. The van der Waals surface area contributed by atoms with E-state index in [1.807, 2.05) is 0 Å². The first-order chi connectivity index (χ1) is 4.88. The molecule has 5 heteroatoms. The number of carbonyl (C=O) groups excluding carboxylic acids is 1. The van der Waals surface area contributed by atoms with Gasteiger partial charge in [0.1, 0.15) is 6.34 Å². The smallest absolute Gasteiger partial charge is 0.283 e. The Hall–Kier alpha value is -1.52. The molecule has 0 saturated carbocycles. The van der Waals surface area contributed by atoms with Crippen molar-refractivity contribution in [1.82, 2.24) is 15.6 Å². The van der Waals surface area contributed by atoms with Crippen molar-refractivity contribution in [3.8, 4) is 0 Å². The van der Waals surface area contributed by atoms with Gasteiger partial charge in [0.25, 0.3) is 5.91 Å². The van der Waals surface area contributed by atoms with Crippen molar-refractivity contribution in [1.29, 1.82) is 0 Å². The first kappa shape index (κ1) is 5.28. The van der Waals surface area contributed by atoms with Gasteiger partial charge >= 0.3 is 0 Å². The summed E-state index contributed by atoms with van der Waals surface area (Å²) in [5.41, 5.74) is 2.34. The molecule has 1 amide bonds. The van der Waals surface area contributed by atoms with Crippen molar-refractivity contribution < 1.29 is 4.79 Å². The second-order valence-corrected chi connectivity index (χ2v) is 2.05. The highest BCUT2D eigenvalue weighted by Gasteiger charge is 2.27. The molecule has 0 bridgehead atoms. The van der Waals surface area contributed by atoms with Gasteiger partial charge in [-0.2, -0.15) is 5.10 Å². The first-order valence-electron chi connectivity index (χ1n) is 2.91. The summed E-state index contributed by atoms with van der Waals surface area (Å²) < 4.78 is 0. The molecular weight excluding hydrogens is 132 g/mol. The number of rotatable bonds is 0. The summed E-state index contributed by atoms with van der Waals surface area (Å²) in [6.45, 7) is 0. The molecule has 0 fully saturated rings. The molecule has 2 aliphatic heterocycles. The molecule has 0 aliphatic carbocycles. The monoisotopic (exact) mass is 138 g/mol. The number of hydrazone groups is 1. The maximum Gasteiger partial charge on any atom is 0.283 e. The molecular formula is C5H6N4O. The Morgan fingerprint density at radius 2 is 2.60 bits per heavy atom. The summed E-state index contributed by atoms with van der Waals surface area (Å²) in [4.78, 5) is 12.6. The SMILES string of the molecule is O=C1NN=CN2C=CNC12. The van der Waals surface area contributed by atoms with Gasteiger partial charge in [-0.1, -0.05) is 0 Å². The number of hydrogen-bond acceptors (Lipinski definition) is 4. The average molecular weight is 138 g/mol. The van der Waals surface area contributed by atoms with Gasteiger partial charge in [0.15, 0.2) is 6.17 Å². The zero-order valence-electron chi connectivity index (χ0n) is 5.11. The van der Waals surface area contributed by atoms with Crippen LogP contribution in [0.5, 0.6) is 0 Å². The lowest BCUT2D eigenvalue weighted by Gasteiger charge is -2.22. The van der Waals surface area contributed by atoms with Crippen LogP contribution in [0, 0.1) is 0 Å². The highest BCUT2D eigenvalue weighted by molar-refractivity contribution is 5.87. The van der Waals surface area contributed by atoms with Gasteiger partial charge in [-0.25, -0.2) is 5.43 Å². The summed E-state index contributed by atoms with van der Waals surface area (Å²) in [6.07, 6.45) is 4.73. The molecule has 0 spiro atoms. The van der Waals surface area contributed by atoms with E-state index in [0.717, 1.165) is 0 Å². The number of hydrogen-bond donors (Lipinski definition) is 2. The minimum atomic E-state index is -0.294. The Morgan fingerprint density at radius 1 is 1.70 bits per heavy atom. The fraction of sp³-hybridized carbons (Fsp3) is 0.200. The second-order valence-electron chi connectivity index (χ2n) is 2.05. The second kappa shape index (κ2) is 1.73. The molecule has 0 aromatic carbocycles. The maximum absolute atomic E-state index is 10.9. The molecule has 2 aliphatic rings. The van der Waals surface area contributed by atoms with Crippen molar-refractivity contribution in [3.63, 3.8) is 0 Å². The van der Waals surface area contributed by atoms with Crippen LogP contribution in [0.4, 0.5) is 0 Å². The van der Waals surface area contributed by atoms with Gasteiger partial charge in [0.2, 0.25) is 0 Å². The maximum atomic E-state index is 10.9. The number of amides is 1. The molecule has 0 aromatic heterocycles. The molecule has 0 aromatic rings. The van der Waals surface area contributed by atoms with Crippen molar-refractivity contribution in [2.45, 2.75) is 6.17 Å². The van der Waals surface area contributed by atoms with Crippen LogP contribution < -0.4 is 10.7 Å². The number of fused-ring (bicyclic) bond motifs is 1. The lowest BCUT2D eigenvalue weighted by Crippen LogP contribution is -2.50. The quantitative estimate of drug-likeness (QED) is 0.440. The summed E-state index contributed by atoms with van der Waals surface area (Å²) in [7, 11) is 0. The van der Waals surface area contributed by atoms with Gasteiger partial charge in [-0.15, -0.1) is 0 Å². The largest absolute Gasteiger partial charge is 0.362 e. The lowest BCUT2D eigenvalue weighted by molar-refractivity contribution is -0.125. The fourth-order valence-electron chi connectivity index (χ4n) is 0.929. The number of nitrogens with one attached hydrogen (secondary N) is 2. The highest BCUT2D eigenvalue weighted by Crippen LogP contribution is 2.04. The third-order valence-corrected chi connectivity index (χ3v) is 1.41. The van der Waals surface area contributed by atoms with Gasteiger partial charge in [-0.3, -0.25) is 4.79 Å². The third kappa shape index (κ3) is 0.570. The van der Waals surface area contributed by atoms with Crippen LogP contribution in [-0.4, -0.2) is 23.3 Å². The van der Waals surface area contributed by atoms with Gasteiger partial charge in [0.05, 0.1) is 0 Å². The van der Waals surface area contributed by atoms with Crippen molar-refractivity contribution >= 4 is 12.2 Å². The molecule has 2 N–H and O–H groups in total. The molecule has 1 atom stereocenters. The van der Waals surface area contributed by atoms with Gasteiger partial charge in [-0.05, 0) is 0 Å². The molecule has 5 nitrogen and oxygen atoms in total. The summed E-state index contributed by atoms with van der Waals surface area (Å²) in [5, 5.41) is 6.46. The van der Waals surface area contributed by atoms with E-state index < -0.39 is 0 Å². The van der Waals surface area contributed by atoms with Crippen LogP contribution in [0.2, 0.25) is 0 Å². The predicted molar refractivity (Wildman–Crippen MR) is 34.5 cm³/mol. The first-order valence-corrected chi connectivity index (χ1v) is 2.91. The van der Waals surface area contributed by atoms with E-state index in [9.17, 15) is 4.79 Å². The molecule has 1 unspecified atom stereocenters. The molecule has 0 saturated heterocycles. The van der Waals surface area contributed by atoms with Crippen LogP contribution in [0.3, 0.4) is 0 Å². The van der Waals surface area contributed by atoms with Crippen LogP contribution in [-0.2, 0) is 4.79 Å². The Labute approximate surface area is 57.4 Å². The van der Waals surface area contributed by atoms with E-state index in [0.29, 0.717) is 0 Å². The Kier molecular flexibility index (Phi) is 0.913. The highest BCUT2D eigenvalue weighted by atomic mass is 16.2. The minimum Gasteiger partial charge on any atom is -0.362 e. The van der Waals surface area contributed by atoms with Crippen LogP contribution >= 0.6 is 0 Å². The average Bonchev–Trinajstić information content (AvgIpc) is 2.36. The van der Waals surface area contributed by atoms with Crippen molar-refractivity contribution in [2.75, 3.05) is 0 Å². The van der Waals surface area contributed by atoms with E-state index in [-0.39, 0.29) is 12.1 Å². The summed E-state index contributed by atoms with van der Waals surface area (Å²) >= 11 is 0. The van der Waals surface area contributed by atoms with Crippen molar-refractivity contribution in [2.24, 2.45) is 5.10 Å². The van der Waals surface area contributed by atoms with E-state index in [2.05, 4.69) is 15.8 Å². The standard InChI is InChI=1S/C5H6N4O/c10-5-4-6-1-2-9(4)3-7-8-5/h1-4,6H,(H,8,10). The number of nitrogens with zero attached hydrogens (tertiary/aromatic N) is 2. The lowest BCUT2D eigenvalue weighted by atomic mass is 10.4. The fourth-order valence-corrected chi connectivity index (χ4v) is 0.929. The topological polar surface area (TPSA) is 56.7 Å². The normalized spacial score (nSPS) is 27.8. The van der Waals surface area contributed by atoms with Crippen LogP contribution in [0.25, 0.3) is 0 Å². The van der Waals surface area contributed by atoms with E-state index in [1.165, 1.54) is 0 Å². The molecule has 52 valence electrons. The zero-order valence-corrected chi connectivity index (χ0v) is 5.11. The Balaban J connectivity index is 2.27. The Morgan fingerprint density at radius 3 is 3.40 bits per heavy atom. The number of carbonyl (C=O) groups is 1. The third-order valence-electron chi connectivity index (χ3n) is 1.41. The van der Waals surface area contributed by atoms with E-state index in [4.69, 9.17) is 0 Å². The molecule has 2 heterocycles. The Bertz CT molecular complexity index is 222. The molecule has 2 rings (SSSR count). The minimum absolute atomic E-state index is 0.132. The molecule has 10 heavy (non-hydrogen) atoms. The summed E-state index contributed by atoms with van der Waals surface area (Å²) in [5.74, 6) is -0.132. The van der Waals surface area contributed by atoms with E-state index >= 15 is 0 Å². The van der Waals surface area contributed by atoms with E-state index in [1.54, 1.807) is 23.6 Å². The summed E-state index contributed by atoms with van der Waals surface area (Å²) in [6, 6.07) is 0. The predicted octanol–water partition coefficient (Wildman–Crippen LogP) is -1.24. The van der Waals surface area contributed by atoms with Crippen LogP contribution in [0.15, 0.2) is 17.5 Å². The molecule has 0 radical (unpaired) electrons. The van der Waals surface area contributed by atoms with Crippen molar-refractivity contribution in [3.05, 3.63) is 12.4 Å². The van der Waals surface area contributed by atoms with Gasteiger partial charge < -0.3 is 10.2 Å². The van der Waals surface area contributed by atoms with Gasteiger partial charge in [0, 0.05) is 12.4 Å². The van der Waals surface area contributed by atoms with Crippen LogP contribution in [0.1, 0.15) is 0 Å².